The second-order valence-electron chi connectivity index (χ2n) is 4.61. The van der Waals surface area contributed by atoms with Gasteiger partial charge < -0.3 is 5.32 Å². The van der Waals surface area contributed by atoms with Crippen molar-refractivity contribution in [3.63, 3.8) is 0 Å². The molecule has 0 aliphatic heterocycles. The van der Waals surface area contributed by atoms with E-state index < -0.39 is 0 Å². The molecule has 0 atom stereocenters. The van der Waals surface area contributed by atoms with Gasteiger partial charge in [-0.1, -0.05) is 46.3 Å². The monoisotopic (exact) mass is 326 g/mol. The summed E-state index contributed by atoms with van der Waals surface area (Å²) in [6.45, 7) is 2.99. The summed E-state index contributed by atoms with van der Waals surface area (Å²) >= 11 is 3.53. The van der Waals surface area contributed by atoms with Crippen molar-refractivity contribution < 1.29 is 0 Å². The fourth-order valence-electron chi connectivity index (χ4n) is 2.29. The molecule has 2 aromatic carbocycles. The largest absolute Gasteiger partial charge is 0.385 e. The number of benzene rings is 2. The number of pyridine rings is 1. The third kappa shape index (κ3) is 2.54. The van der Waals surface area contributed by atoms with Crippen molar-refractivity contribution in [1.29, 1.82) is 0 Å². The minimum atomic E-state index is 0.889. The van der Waals surface area contributed by atoms with Crippen molar-refractivity contribution >= 4 is 32.5 Å². The lowest BCUT2D eigenvalue weighted by Gasteiger charge is -2.11. The molecule has 0 aliphatic carbocycles. The maximum absolute atomic E-state index is 4.77. The Bertz CT molecular complexity index is 739. The van der Waals surface area contributed by atoms with Crippen LogP contribution in [0.2, 0.25) is 0 Å². The molecule has 100 valence electrons. The summed E-state index contributed by atoms with van der Waals surface area (Å²) < 4.78 is 1.07. The van der Waals surface area contributed by atoms with Crippen molar-refractivity contribution in [1.82, 2.24) is 4.98 Å². The van der Waals surface area contributed by atoms with Crippen LogP contribution in [0, 0.1) is 0 Å². The summed E-state index contributed by atoms with van der Waals surface area (Å²) in [7, 11) is 0. The highest BCUT2D eigenvalue weighted by Gasteiger charge is 2.07. The second-order valence-corrected chi connectivity index (χ2v) is 5.53. The number of rotatable bonds is 3. The molecule has 0 saturated carbocycles. The first kappa shape index (κ1) is 13.1. The van der Waals surface area contributed by atoms with E-state index >= 15 is 0 Å². The molecule has 0 unspecified atom stereocenters. The van der Waals surface area contributed by atoms with Gasteiger partial charge in [-0.3, -0.25) is 0 Å². The van der Waals surface area contributed by atoms with Crippen LogP contribution in [0.15, 0.2) is 59.1 Å². The highest BCUT2D eigenvalue weighted by Crippen LogP contribution is 2.30. The number of hydrogen-bond donors (Lipinski definition) is 1. The molecule has 3 rings (SSSR count). The molecular formula is C17H15BrN2. The summed E-state index contributed by atoms with van der Waals surface area (Å²) in [4.78, 5) is 4.77. The van der Waals surface area contributed by atoms with Crippen LogP contribution in [0.25, 0.3) is 22.2 Å². The molecule has 0 bridgehead atoms. The molecule has 2 nitrogen and oxygen atoms in total. The predicted octanol–water partition coefficient (Wildman–Crippen LogP) is 5.10. The van der Waals surface area contributed by atoms with Crippen LogP contribution >= 0.6 is 15.9 Å². The van der Waals surface area contributed by atoms with Crippen molar-refractivity contribution in [2.24, 2.45) is 0 Å². The maximum Gasteiger partial charge on any atom is 0.0731 e. The van der Waals surface area contributed by atoms with Gasteiger partial charge in [-0.2, -0.15) is 0 Å². The standard InChI is InChI=1S/C17H15BrN2/c1-2-19-17-11-16(12-6-4-3-5-7-12)20-15-9-8-13(18)10-14(15)17/h3-11H,2H2,1H3,(H,19,20). The van der Waals surface area contributed by atoms with Crippen LogP contribution in [0.3, 0.4) is 0 Å². The van der Waals surface area contributed by atoms with Crippen LogP contribution in [0.4, 0.5) is 5.69 Å². The van der Waals surface area contributed by atoms with E-state index in [0.29, 0.717) is 0 Å². The Morgan fingerprint density at radius 1 is 1.05 bits per heavy atom. The van der Waals surface area contributed by atoms with Gasteiger partial charge >= 0.3 is 0 Å². The van der Waals surface area contributed by atoms with Crippen LogP contribution in [0.5, 0.6) is 0 Å². The average Bonchev–Trinajstić information content (AvgIpc) is 2.49. The van der Waals surface area contributed by atoms with Crippen LogP contribution in [-0.2, 0) is 0 Å². The van der Waals surface area contributed by atoms with E-state index in [1.807, 2.05) is 30.3 Å². The Morgan fingerprint density at radius 2 is 1.85 bits per heavy atom. The van der Waals surface area contributed by atoms with Gasteiger partial charge in [-0.15, -0.1) is 0 Å². The van der Waals surface area contributed by atoms with Gasteiger partial charge in [0.15, 0.2) is 0 Å². The lowest BCUT2D eigenvalue weighted by molar-refractivity contribution is 1.21. The number of halogens is 1. The van der Waals surface area contributed by atoms with Crippen molar-refractivity contribution in [3.05, 3.63) is 59.1 Å². The maximum atomic E-state index is 4.77. The van der Waals surface area contributed by atoms with Gasteiger partial charge in [0.2, 0.25) is 0 Å². The van der Waals surface area contributed by atoms with E-state index in [1.165, 1.54) is 0 Å². The quantitative estimate of drug-likeness (QED) is 0.724. The van der Waals surface area contributed by atoms with Gasteiger partial charge in [0.05, 0.1) is 11.2 Å². The number of hydrogen-bond acceptors (Lipinski definition) is 2. The average molecular weight is 327 g/mol. The molecule has 3 aromatic rings. The number of nitrogens with zero attached hydrogens (tertiary/aromatic N) is 1. The van der Waals surface area contributed by atoms with Crippen LogP contribution in [0.1, 0.15) is 6.92 Å². The lowest BCUT2D eigenvalue weighted by Crippen LogP contribution is -1.99. The molecule has 1 aromatic heterocycles. The van der Waals surface area contributed by atoms with Gasteiger partial charge in [0.25, 0.3) is 0 Å². The number of fused-ring (bicyclic) bond motifs is 1. The first-order chi connectivity index (χ1) is 9.78. The Hall–Kier alpha value is -1.87. The molecule has 0 fully saturated rings. The fraction of sp³-hybridized carbons (Fsp3) is 0.118. The molecule has 1 heterocycles. The van der Waals surface area contributed by atoms with Crippen molar-refractivity contribution in [3.8, 4) is 11.3 Å². The van der Waals surface area contributed by atoms with Gasteiger partial charge in [-0.25, -0.2) is 4.98 Å². The lowest BCUT2D eigenvalue weighted by atomic mass is 10.1. The number of anilines is 1. The van der Waals surface area contributed by atoms with Crippen molar-refractivity contribution in [2.45, 2.75) is 6.92 Å². The molecule has 0 radical (unpaired) electrons. The highest BCUT2D eigenvalue weighted by atomic mass is 79.9. The zero-order valence-corrected chi connectivity index (χ0v) is 12.8. The second kappa shape index (κ2) is 5.63. The molecule has 0 aliphatic rings. The summed E-state index contributed by atoms with van der Waals surface area (Å²) in [5, 5.41) is 4.57. The van der Waals surface area contributed by atoms with E-state index in [9.17, 15) is 0 Å². The van der Waals surface area contributed by atoms with Gasteiger partial charge in [0.1, 0.15) is 0 Å². The van der Waals surface area contributed by atoms with E-state index in [1.54, 1.807) is 0 Å². The first-order valence-electron chi connectivity index (χ1n) is 6.67. The van der Waals surface area contributed by atoms with Gasteiger partial charge in [-0.05, 0) is 31.2 Å². The Labute approximate surface area is 127 Å². The van der Waals surface area contributed by atoms with Crippen LogP contribution in [-0.4, -0.2) is 11.5 Å². The third-order valence-corrected chi connectivity index (χ3v) is 3.70. The molecule has 1 N–H and O–H groups in total. The summed E-state index contributed by atoms with van der Waals surface area (Å²) in [5.41, 5.74) is 4.26. The normalized spacial score (nSPS) is 10.7. The van der Waals surface area contributed by atoms with Gasteiger partial charge in [0, 0.05) is 27.7 Å². The SMILES string of the molecule is CCNc1cc(-c2ccccc2)nc2ccc(Br)cc12. The molecule has 0 spiro atoms. The number of nitrogens with one attached hydrogen (secondary N) is 1. The highest BCUT2D eigenvalue weighted by molar-refractivity contribution is 9.10. The zero-order valence-electron chi connectivity index (χ0n) is 11.2. The van der Waals surface area contributed by atoms with E-state index in [0.717, 1.165) is 38.9 Å². The molecular weight excluding hydrogens is 312 g/mol. The minimum Gasteiger partial charge on any atom is -0.385 e. The Morgan fingerprint density at radius 3 is 2.60 bits per heavy atom. The summed E-state index contributed by atoms with van der Waals surface area (Å²) in [6.07, 6.45) is 0. The summed E-state index contributed by atoms with van der Waals surface area (Å²) in [5.74, 6) is 0. The number of aromatic nitrogens is 1. The fourth-order valence-corrected chi connectivity index (χ4v) is 2.65. The predicted molar refractivity (Wildman–Crippen MR) is 89.0 cm³/mol. The van der Waals surface area contributed by atoms with E-state index in [2.05, 4.69) is 52.4 Å². The molecule has 3 heteroatoms. The topological polar surface area (TPSA) is 24.9 Å². The van der Waals surface area contributed by atoms with Crippen LogP contribution < -0.4 is 5.32 Å². The third-order valence-electron chi connectivity index (χ3n) is 3.21. The van der Waals surface area contributed by atoms with E-state index in [-0.39, 0.29) is 0 Å². The molecule has 0 amide bonds. The van der Waals surface area contributed by atoms with E-state index in [4.69, 9.17) is 4.98 Å². The first-order valence-corrected chi connectivity index (χ1v) is 7.47. The zero-order chi connectivity index (χ0) is 13.9. The minimum absolute atomic E-state index is 0.889. The Balaban J connectivity index is 2.23. The summed E-state index contributed by atoms with van der Waals surface area (Å²) in [6, 6.07) is 18.6. The Kier molecular flexibility index (Phi) is 3.70. The van der Waals surface area contributed by atoms with Crippen molar-refractivity contribution in [2.75, 3.05) is 11.9 Å². The molecule has 0 saturated heterocycles. The smallest absolute Gasteiger partial charge is 0.0731 e. The molecule has 20 heavy (non-hydrogen) atoms.